The van der Waals surface area contributed by atoms with Crippen LogP contribution in [0.5, 0.6) is 0 Å². The van der Waals surface area contributed by atoms with Crippen LogP contribution in [-0.4, -0.2) is 20.5 Å². The maximum absolute atomic E-state index is 6.19. The molecule has 2 atom stereocenters. The summed E-state index contributed by atoms with van der Waals surface area (Å²) in [5.74, 6) is 0.495. The molecule has 0 aromatic heterocycles. The number of fused-ring (bicyclic) bond motifs is 1. The Hall–Kier alpha value is -1.06. The molecule has 0 spiro atoms. The lowest BCUT2D eigenvalue weighted by Gasteiger charge is -2.21. The van der Waals surface area contributed by atoms with Crippen LogP contribution in [-0.2, 0) is 9.47 Å². The summed E-state index contributed by atoms with van der Waals surface area (Å²) in [6.45, 7) is 0. The summed E-state index contributed by atoms with van der Waals surface area (Å²) < 4.78 is 11.0. The molecule has 1 aliphatic carbocycles. The average molecular weight is 337 g/mol. The van der Waals surface area contributed by atoms with Gasteiger partial charge in [0.15, 0.2) is 6.29 Å². The molecule has 0 aliphatic heterocycles. The standard InChI is InChI=1S/C18H18Cl2O2/c1-21-18(22-2)15-10-14(12-5-3-4-6-13(12)15)11-7-8-16(19)17(20)9-11/h3-9,14-15,18H,10H2,1-2H3/t14-,15+/m1/s1. The molecule has 0 fully saturated rings. The molecule has 0 bridgehead atoms. The third-order valence-electron chi connectivity index (χ3n) is 4.40. The van der Waals surface area contributed by atoms with Crippen molar-refractivity contribution in [3.8, 4) is 0 Å². The highest BCUT2D eigenvalue weighted by Gasteiger charge is 2.36. The van der Waals surface area contributed by atoms with Gasteiger partial charge in [-0.25, -0.2) is 0 Å². The molecular formula is C18H18Cl2O2. The maximum Gasteiger partial charge on any atom is 0.163 e. The van der Waals surface area contributed by atoms with E-state index in [1.807, 2.05) is 18.2 Å². The fraction of sp³-hybridized carbons (Fsp3) is 0.333. The van der Waals surface area contributed by atoms with Crippen molar-refractivity contribution < 1.29 is 9.47 Å². The van der Waals surface area contributed by atoms with Crippen LogP contribution in [0.3, 0.4) is 0 Å². The van der Waals surface area contributed by atoms with Crippen LogP contribution < -0.4 is 0 Å². The van der Waals surface area contributed by atoms with Crippen molar-refractivity contribution in [3.05, 3.63) is 69.2 Å². The first kappa shape index (κ1) is 15.8. The normalized spacial score (nSPS) is 20.4. The van der Waals surface area contributed by atoms with E-state index in [2.05, 4.69) is 24.3 Å². The molecule has 1 aliphatic rings. The molecule has 3 rings (SSSR count). The van der Waals surface area contributed by atoms with E-state index in [1.165, 1.54) is 16.7 Å². The van der Waals surface area contributed by atoms with Crippen LogP contribution in [0.1, 0.15) is 34.9 Å². The summed E-state index contributed by atoms with van der Waals surface area (Å²) in [5.41, 5.74) is 3.77. The largest absolute Gasteiger partial charge is 0.355 e. The number of rotatable bonds is 4. The van der Waals surface area contributed by atoms with Gasteiger partial charge in [-0.15, -0.1) is 0 Å². The van der Waals surface area contributed by atoms with Crippen molar-refractivity contribution in [2.24, 2.45) is 0 Å². The van der Waals surface area contributed by atoms with Crippen LogP contribution in [0.4, 0.5) is 0 Å². The Balaban J connectivity index is 2.02. The number of hydrogen-bond acceptors (Lipinski definition) is 2. The molecule has 2 aromatic carbocycles. The molecule has 0 radical (unpaired) electrons. The molecular weight excluding hydrogens is 319 g/mol. The summed E-state index contributed by atoms with van der Waals surface area (Å²) in [6.07, 6.45) is 0.692. The highest BCUT2D eigenvalue weighted by atomic mass is 35.5. The molecule has 116 valence electrons. The van der Waals surface area contributed by atoms with Gasteiger partial charge < -0.3 is 9.47 Å². The molecule has 0 saturated carbocycles. The predicted octanol–water partition coefficient (Wildman–Crippen LogP) is 5.23. The van der Waals surface area contributed by atoms with Gasteiger partial charge in [0.1, 0.15) is 0 Å². The van der Waals surface area contributed by atoms with Crippen LogP contribution in [0.25, 0.3) is 0 Å². The highest BCUT2D eigenvalue weighted by molar-refractivity contribution is 6.42. The molecule has 2 aromatic rings. The number of hydrogen-bond donors (Lipinski definition) is 0. The first-order chi connectivity index (χ1) is 10.7. The second-order valence-corrected chi connectivity index (χ2v) is 6.35. The monoisotopic (exact) mass is 336 g/mol. The van der Waals surface area contributed by atoms with E-state index in [4.69, 9.17) is 32.7 Å². The molecule has 0 N–H and O–H groups in total. The van der Waals surface area contributed by atoms with E-state index >= 15 is 0 Å². The zero-order valence-corrected chi connectivity index (χ0v) is 14.1. The van der Waals surface area contributed by atoms with Crippen molar-refractivity contribution in [1.29, 1.82) is 0 Å². The van der Waals surface area contributed by atoms with E-state index in [-0.39, 0.29) is 18.1 Å². The number of benzene rings is 2. The SMILES string of the molecule is COC(OC)[C@H]1C[C@H](c2ccc(Cl)c(Cl)c2)c2ccccc21. The quantitative estimate of drug-likeness (QED) is 0.711. The fourth-order valence-corrected chi connectivity index (χ4v) is 3.71. The van der Waals surface area contributed by atoms with Crippen molar-refractivity contribution in [1.82, 2.24) is 0 Å². The van der Waals surface area contributed by atoms with E-state index in [0.29, 0.717) is 10.0 Å². The summed E-state index contributed by atoms with van der Waals surface area (Å²) >= 11 is 12.2. The Morgan fingerprint density at radius 1 is 0.955 bits per heavy atom. The fourth-order valence-electron chi connectivity index (χ4n) is 3.40. The minimum absolute atomic E-state index is 0.214. The van der Waals surface area contributed by atoms with Crippen LogP contribution in [0.15, 0.2) is 42.5 Å². The van der Waals surface area contributed by atoms with Crippen molar-refractivity contribution in [3.63, 3.8) is 0 Å². The molecule has 2 nitrogen and oxygen atoms in total. The predicted molar refractivity (Wildman–Crippen MR) is 89.9 cm³/mol. The van der Waals surface area contributed by atoms with Gasteiger partial charge in [0.2, 0.25) is 0 Å². The lowest BCUT2D eigenvalue weighted by atomic mass is 9.92. The van der Waals surface area contributed by atoms with E-state index in [0.717, 1.165) is 6.42 Å². The van der Waals surface area contributed by atoms with Crippen molar-refractivity contribution >= 4 is 23.2 Å². The Kier molecular flexibility index (Phi) is 4.74. The summed E-state index contributed by atoms with van der Waals surface area (Å²) in [5, 5.41) is 1.18. The Morgan fingerprint density at radius 2 is 1.64 bits per heavy atom. The van der Waals surface area contributed by atoms with Gasteiger partial charge in [0, 0.05) is 26.1 Å². The van der Waals surface area contributed by atoms with Gasteiger partial charge in [0.25, 0.3) is 0 Å². The van der Waals surface area contributed by atoms with Crippen molar-refractivity contribution in [2.45, 2.75) is 24.5 Å². The molecule has 4 heteroatoms. The lowest BCUT2D eigenvalue weighted by Crippen LogP contribution is -2.21. The van der Waals surface area contributed by atoms with Gasteiger partial charge in [0.05, 0.1) is 10.0 Å². The first-order valence-electron chi connectivity index (χ1n) is 7.25. The smallest absolute Gasteiger partial charge is 0.163 e. The Bertz CT molecular complexity index is 668. The number of halogens is 2. The highest BCUT2D eigenvalue weighted by Crippen LogP contribution is 2.47. The summed E-state index contributed by atoms with van der Waals surface area (Å²) in [6, 6.07) is 14.3. The van der Waals surface area contributed by atoms with Crippen LogP contribution in [0.2, 0.25) is 10.0 Å². The Morgan fingerprint density at radius 3 is 2.27 bits per heavy atom. The summed E-state index contributed by atoms with van der Waals surface area (Å²) in [4.78, 5) is 0. The molecule has 0 amide bonds. The second kappa shape index (κ2) is 6.59. The minimum atomic E-state index is -0.242. The van der Waals surface area contributed by atoms with Gasteiger partial charge in [-0.3, -0.25) is 0 Å². The zero-order chi connectivity index (χ0) is 15.7. The van der Waals surface area contributed by atoms with E-state index in [1.54, 1.807) is 14.2 Å². The van der Waals surface area contributed by atoms with Gasteiger partial charge in [-0.05, 0) is 35.2 Å². The maximum atomic E-state index is 6.19. The molecule has 0 unspecified atom stereocenters. The number of methoxy groups -OCH3 is 2. The topological polar surface area (TPSA) is 18.5 Å². The summed E-state index contributed by atoms with van der Waals surface area (Å²) in [7, 11) is 3.37. The Labute approximate surface area is 141 Å². The second-order valence-electron chi connectivity index (χ2n) is 5.54. The molecule has 0 heterocycles. The van der Waals surface area contributed by atoms with E-state index < -0.39 is 0 Å². The third-order valence-corrected chi connectivity index (χ3v) is 5.14. The first-order valence-corrected chi connectivity index (χ1v) is 8.00. The van der Waals surface area contributed by atoms with Crippen LogP contribution in [0, 0.1) is 0 Å². The molecule has 0 saturated heterocycles. The van der Waals surface area contributed by atoms with Gasteiger partial charge in [-0.1, -0.05) is 53.5 Å². The number of ether oxygens (including phenoxy) is 2. The molecule has 22 heavy (non-hydrogen) atoms. The van der Waals surface area contributed by atoms with Gasteiger partial charge >= 0.3 is 0 Å². The lowest BCUT2D eigenvalue weighted by molar-refractivity contribution is -0.118. The minimum Gasteiger partial charge on any atom is -0.355 e. The van der Waals surface area contributed by atoms with Crippen molar-refractivity contribution in [2.75, 3.05) is 14.2 Å². The van der Waals surface area contributed by atoms with Gasteiger partial charge in [-0.2, -0.15) is 0 Å². The third kappa shape index (κ3) is 2.77. The zero-order valence-electron chi connectivity index (χ0n) is 12.6. The van der Waals surface area contributed by atoms with Crippen LogP contribution >= 0.6 is 23.2 Å². The van der Waals surface area contributed by atoms with E-state index in [9.17, 15) is 0 Å². The average Bonchev–Trinajstić information content (AvgIpc) is 2.91.